The number of hydrogen-bond donors (Lipinski definition) is 3. The number of sulfonamides is 1. The van der Waals surface area contributed by atoms with Crippen molar-refractivity contribution in [3.05, 3.63) is 47.8 Å². The summed E-state index contributed by atoms with van der Waals surface area (Å²) in [5, 5.41) is 6.29. The van der Waals surface area contributed by atoms with Crippen LogP contribution in [0.4, 0.5) is 0 Å². The molecule has 0 saturated heterocycles. The molecule has 1 aromatic heterocycles. The number of rotatable bonds is 5. The van der Waals surface area contributed by atoms with Crippen LogP contribution in [0.5, 0.6) is 0 Å². The summed E-state index contributed by atoms with van der Waals surface area (Å²) in [5.74, 6) is 0. The Kier molecular flexibility index (Phi) is 5.70. The predicted octanol–water partition coefficient (Wildman–Crippen LogP) is 1.12. The fourth-order valence-electron chi connectivity index (χ4n) is 1.71. The summed E-state index contributed by atoms with van der Waals surface area (Å²) in [6.07, 6.45) is 1.28. The first-order valence-corrected chi connectivity index (χ1v) is 7.29. The van der Waals surface area contributed by atoms with E-state index in [0.29, 0.717) is 5.69 Å². The van der Waals surface area contributed by atoms with Gasteiger partial charge in [-0.25, -0.2) is 13.1 Å². The molecule has 20 heavy (non-hydrogen) atoms. The lowest BCUT2D eigenvalue weighted by molar-refractivity contribution is 0.572. The zero-order valence-corrected chi connectivity index (χ0v) is 12.5. The molecule has 0 amide bonds. The highest BCUT2D eigenvalue weighted by Crippen LogP contribution is 2.13. The van der Waals surface area contributed by atoms with Crippen LogP contribution in [-0.4, -0.2) is 25.2 Å². The average molecular weight is 317 g/mol. The second-order valence-corrected chi connectivity index (χ2v) is 5.96. The Bertz CT molecular complexity index is 642. The van der Waals surface area contributed by atoms with Gasteiger partial charge in [-0.3, -0.25) is 5.10 Å². The van der Waals surface area contributed by atoms with E-state index in [9.17, 15) is 8.42 Å². The molecule has 2 aromatic rings. The fraction of sp³-hybridized carbons (Fsp3) is 0.250. The van der Waals surface area contributed by atoms with E-state index >= 15 is 0 Å². The van der Waals surface area contributed by atoms with Crippen molar-refractivity contribution in [2.75, 3.05) is 6.54 Å². The fourth-order valence-corrected chi connectivity index (χ4v) is 2.90. The van der Waals surface area contributed by atoms with Gasteiger partial charge in [-0.2, -0.15) is 5.10 Å². The molecule has 0 bridgehead atoms. The Morgan fingerprint density at radius 1 is 1.35 bits per heavy atom. The van der Waals surface area contributed by atoms with Crippen molar-refractivity contribution in [3.63, 3.8) is 0 Å². The quantitative estimate of drug-likeness (QED) is 0.769. The third-order valence-corrected chi connectivity index (χ3v) is 4.33. The average Bonchev–Trinajstić information content (AvgIpc) is 2.84. The monoisotopic (exact) mass is 316 g/mol. The van der Waals surface area contributed by atoms with Gasteiger partial charge >= 0.3 is 0 Å². The highest BCUT2D eigenvalue weighted by molar-refractivity contribution is 7.89. The van der Waals surface area contributed by atoms with Gasteiger partial charge in [0.15, 0.2) is 0 Å². The lowest BCUT2D eigenvalue weighted by atomic mass is 10.1. The summed E-state index contributed by atoms with van der Waals surface area (Å²) in [6.45, 7) is 1.79. The summed E-state index contributed by atoms with van der Waals surface area (Å²) in [5.41, 5.74) is 7.33. The Balaban J connectivity index is 0.00000200. The molecule has 0 spiro atoms. The van der Waals surface area contributed by atoms with E-state index in [1.54, 1.807) is 6.92 Å². The Labute approximate surface area is 124 Å². The molecule has 0 radical (unpaired) electrons. The molecule has 0 fully saturated rings. The maximum atomic E-state index is 12.0. The van der Waals surface area contributed by atoms with Gasteiger partial charge in [0.2, 0.25) is 10.0 Å². The minimum Gasteiger partial charge on any atom is -0.323 e. The van der Waals surface area contributed by atoms with Gasteiger partial charge in [-0.1, -0.05) is 30.3 Å². The summed E-state index contributed by atoms with van der Waals surface area (Å²) in [7, 11) is -3.57. The Hall–Kier alpha value is -1.41. The van der Waals surface area contributed by atoms with E-state index in [-0.39, 0.29) is 29.9 Å². The zero-order valence-electron chi connectivity index (χ0n) is 10.9. The van der Waals surface area contributed by atoms with Gasteiger partial charge in [-0.05, 0) is 12.5 Å². The molecule has 0 saturated carbocycles. The summed E-state index contributed by atoms with van der Waals surface area (Å²) in [4.78, 5) is 0.146. The maximum absolute atomic E-state index is 12.0. The van der Waals surface area contributed by atoms with Gasteiger partial charge in [0, 0.05) is 12.6 Å². The van der Waals surface area contributed by atoms with E-state index in [1.807, 2.05) is 30.3 Å². The van der Waals surface area contributed by atoms with Gasteiger partial charge < -0.3 is 5.73 Å². The van der Waals surface area contributed by atoms with Crippen molar-refractivity contribution in [2.24, 2.45) is 5.73 Å². The largest absolute Gasteiger partial charge is 0.323 e. The van der Waals surface area contributed by atoms with E-state index < -0.39 is 10.0 Å². The lowest BCUT2D eigenvalue weighted by Gasteiger charge is -2.13. The first kappa shape index (κ1) is 16.6. The van der Waals surface area contributed by atoms with Crippen molar-refractivity contribution in [1.82, 2.24) is 14.9 Å². The van der Waals surface area contributed by atoms with Crippen molar-refractivity contribution in [1.29, 1.82) is 0 Å². The van der Waals surface area contributed by atoms with Crippen molar-refractivity contribution in [2.45, 2.75) is 17.9 Å². The van der Waals surface area contributed by atoms with Gasteiger partial charge in [0.05, 0.1) is 11.9 Å². The van der Waals surface area contributed by atoms with E-state index in [2.05, 4.69) is 14.9 Å². The topological polar surface area (TPSA) is 101 Å². The van der Waals surface area contributed by atoms with Crippen molar-refractivity contribution < 1.29 is 8.42 Å². The molecule has 1 unspecified atom stereocenters. The molecule has 110 valence electrons. The first-order chi connectivity index (χ1) is 9.00. The number of halogens is 1. The number of benzene rings is 1. The van der Waals surface area contributed by atoms with Crippen LogP contribution in [0.15, 0.2) is 41.4 Å². The Morgan fingerprint density at radius 3 is 2.55 bits per heavy atom. The van der Waals surface area contributed by atoms with Gasteiger partial charge in [0.25, 0.3) is 0 Å². The van der Waals surface area contributed by atoms with Crippen LogP contribution in [0.25, 0.3) is 0 Å². The normalized spacial score (nSPS) is 12.7. The third-order valence-electron chi connectivity index (χ3n) is 2.79. The number of nitrogens with two attached hydrogens (primary N) is 1. The SMILES string of the molecule is Cc1[nH]ncc1S(=O)(=O)NCC(N)c1ccccc1.Cl. The summed E-state index contributed by atoms with van der Waals surface area (Å²) >= 11 is 0. The van der Waals surface area contributed by atoms with Crippen LogP contribution < -0.4 is 10.5 Å². The van der Waals surface area contributed by atoms with Crippen LogP contribution in [0.1, 0.15) is 17.3 Å². The number of aromatic amines is 1. The van der Waals surface area contributed by atoms with Crippen LogP contribution >= 0.6 is 12.4 Å². The molecule has 4 N–H and O–H groups in total. The highest BCUT2D eigenvalue weighted by atomic mass is 35.5. The first-order valence-electron chi connectivity index (χ1n) is 5.81. The predicted molar refractivity (Wildman–Crippen MR) is 79.1 cm³/mol. The molecule has 2 rings (SSSR count). The van der Waals surface area contributed by atoms with Gasteiger partial charge in [-0.15, -0.1) is 12.4 Å². The number of nitrogens with one attached hydrogen (secondary N) is 2. The smallest absolute Gasteiger partial charge is 0.244 e. The van der Waals surface area contributed by atoms with Crippen LogP contribution in [-0.2, 0) is 10.0 Å². The molecule has 6 nitrogen and oxygen atoms in total. The molecular weight excluding hydrogens is 300 g/mol. The molecule has 0 aliphatic carbocycles. The molecular formula is C12H17ClN4O2S. The number of H-pyrrole nitrogens is 1. The van der Waals surface area contributed by atoms with Crippen LogP contribution in [0.2, 0.25) is 0 Å². The molecule has 1 heterocycles. The van der Waals surface area contributed by atoms with E-state index in [0.717, 1.165) is 5.56 Å². The molecule has 0 aliphatic heterocycles. The second kappa shape index (κ2) is 6.85. The van der Waals surface area contributed by atoms with Crippen molar-refractivity contribution in [3.8, 4) is 0 Å². The molecule has 1 atom stereocenters. The maximum Gasteiger partial charge on any atom is 0.244 e. The number of aryl methyl sites for hydroxylation is 1. The van der Waals surface area contributed by atoms with Crippen LogP contribution in [0, 0.1) is 6.92 Å². The minimum atomic E-state index is -3.57. The van der Waals surface area contributed by atoms with E-state index in [1.165, 1.54) is 6.20 Å². The Morgan fingerprint density at radius 2 is 2.00 bits per heavy atom. The summed E-state index contributed by atoms with van der Waals surface area (Å²) in [6, 6.07) is 8.95. The molecule has 1 aromatic carbocycles. The molecule has 0 aliphatic rings. The summed E-state index contributed by atoms with van der Waals surface area (Å²) < 4.78 is 26.5. The lowest BCUT2D eigenvalue weighted by Crippen LogP contribution is -2.32. The molecule has 8 heteroatoms. The standard InChI is InChI=1S/C12H16N4O2S.ClH/c1-9-12(8-14-16-9)19(17,18)15-7-11(13)10-5-3-2-4-6-10;/h2-6,8,11,15H,7,13H2,1H3,(H,14,16);1H. The third kappa shape index (κ3) is 3.80. The van der Waals surface area contributed by atoms with Gasteiger partial charge in [0.1, 0.15) is 4.90 Å². The van der Waals surface area contributed by atoms with Crippen LogP contribution in [0.3, 0.4) is 0 Å². The van der Waals surface area contributed by atoms with E-state index in [4.69, 9.17) is 5.73 Å². The number of nitrogens with zero attached hydrogens (tertiary/aromatic N) is 1. The number of aromatic nitrogens is 2. The zero-order chi connectivity index (χ0) is 13.9. The van der Waals surface area contributed by atoms with Crippen molar-refractivity contribution >= 4 is 22.4 Å². The minimum absolute atomic E-state index is 0. The second-order valence-electron chi connectivity index (χ2n) is 4.23. The number of hydrogen-bond acceptors (Lipinski definition) is 4. The highest BCUT2D eigenvalue weighted by Gasteiger charge is 2.19.